The van der Waals surface area contributed by atoms with Crippen LogP contribution in [0.4, 0.5) is 17.3 Å². The normalized spacial score (nSPS) is 16.5. The molecule has 0 unspecified atom stereocenters. The highest BCUT2D eigenvalue weighted by molar-refractivity contribution is 5.93. The van der Waals surface area contributed by atoms with Crippen LogP contribution < -0.4 is 10.2 Å². The van der Waals surface area contributed by atoms with Gasteiger partial charge in [-0.2, -0.15) is 0 Å². The molecule has 5 heterocycles. The lowest BCUT2D eigenvalue weighted by molar-refractivity contribution is 0.0758. The van der Waals surface area contributed by atoms with Crippen LogP contribution in [0.25, 0.3) is 22.6 Å². The number of carbonyl (C=O) groups is 1. The molecule has 8 heteroatoms. The Morgan fingerprint density at radius 2 is 1.55 bits per heavy atom. The highest BCUT2D eigenvalue weighted by Crippen LogP contribution is 2.41. The zero-order valence-corrected chi connectivity index (χ0v) is 22.3. The third-order valence-electron chi connectivity index (χ3n) is 8.25. The predicted molar refractivity (Wildman–Crippen MR) is 158 cm³/mol. The smallest absolute Gasteiger partial charge is 0.272 e. The Morgan fingerprint density at radius 1 is 0.775 bits per heavy atom. The largest absolute Gasteiger partial charge is 0.357 e. The van der Waals surface area contributed by atoms with Gasteiger partial charge in [0.15, 0.2) is 5.82 Å². The number of likely N-dealkylation sites (tertiary alicyclic amines) is 1. The van der Waals surface area contributed by atoms with Crippen LogP contribution in [0.1, 0.15) is 29.8 Å². The molecule has 2 N–H and O–H groups in total. The summed E-state index contributed by atoms with van der Waals surface area (Å²) in [7, 11) is 0. The van der Waals surface area contributed by atoms with Gasteiger partial charge >= 0.3 is 0 Å². The number of piperidine rings is 1. The minimum Gasteiger partial charge on any atom is -0.357 e. The summed E-state index contributed by atoms with van der Waals surface area (Å²) >= 11 is 0. The van der Waals surface area contributed by atoms with Crippen molar-refractivity contribution in [1.29, 1.82) is 0 Å². The summed E-state index contributed by atoms with van der Waals surface area (Å²) in [5.41, 5.74) is 4.40. The molecule has 1 spiro atoms. The second-order valence-corrected chi connectivity index (χ2v) is 10.8. The van der Waals surface area contributed by atoms with E-state index in [0.717, 1.165) is 79.5 Å². The molecule has 2 aromatic carbocycles. The van der Waals surface area contributed by atoms with E-state index in [1.54, 1.807) is 0 Å². The first-order valence-electron chi connectivity index (χ1n) is 13.9. The molecule has 0 bridgehead atoms. The number of anilines is 3. The van der Waals surface area contributed by atoms with Gasteiger partial charge in [0.2, 0.25) is 0 Å². The van der Waals surface area contributed by atoms with Crippen molar-refractivity contribution in [3.05, 3.63) is 96.7 Å². The third-order valence-corrected chi connectivity index (χ3v) is 8.25. The minimum absolute atomic E-state index is 0.0104. The molecule has 0 aliphatic carbocycles. The first kappa shape index (κ1) is 24.3. The summed E-state index contributed by atoms with van der Waals surface area (Å²) in [6, 6.07) is 29.7. The molecule has 1 amide bonds. The number of nitrogens with one attached hydrogen (secondary N) is 2. The van der Waals surface area contributed by atoms with Crippen LogP contribution in [0.3, 0.4) is 0 Å². The molecular formula is C32H31N7O. The Morgan fingerprint density at radius 3 is 2.40 bits per heavy atom. The van der Waals surface area contributed by atoms with Crippen LogP contribution in [0.15, 0.2) is 91.0 Å². The lowest BCUT2D eigenvalue weighted by Crippen LogP contribution is -2.42. The number of para-hydroxylation sites is 3. The molecule has 40 heavy (non-hydrogen) atoms. The average molecular weight is 530 g/mol. The van der Waals surface area contributed by atoms with Crippen molar-refractivity contribution in [2.24, 2.45) is 5.41 Å². The zero-order valence-electron chi connectivity index (χ0n) is 22.3. The maximum Gasteiger partial charge on any atom is 0.272 e. The lowest BCUT2D eigenvalue weighted by atomic mass is 9.78. The summed E-state index contributed by atoms with van der Waals surface area (Å²) in [6.07, 6.45) is 3.10. The van der Waals surface area contributed by atoms with Crippen LogP contribution >= 0.6 is 0 Å². The number of aromatic amines is 1. The van der Waals surface area contributed by atoms with Gasteiger partial charge in [-0.25, -0.2) is 15.0 Å². The van der Waals surface area contributed by atoms with Gasteiger partial charge in [0, 0.05) is 31.9 Å². The summed E-state index contributed by atoms with van der Waals surface area (Å²) in [4.78, 5) is 35.4. The Hall–Kier alpha value is -4.72. The van der Waals surface area contributed by atoms with Gasteiger partial charge in [0.05, 0.1) is 11.0 Å². The number of rotatable bonds is 5. The van der Waals surface area contributed by atoms with E-state index >= 15 is 0 Å². The first-order valence-corrected chi connectivity index (χ1v) is 13.9. The molecule has 2 saturated heterocycles. The third kappa shape index (κ3) is 4.77. The number of hydrogen-bond donors (Lipinski definition) is 2. The van der Waals surface area contributed by atoms with E-state index in [0.29, 0.717) is 11.5 Å². The van der Waals surface area contributed by atoms with E-state index in [1.165, 1.54) is 0 Å². The predicted octanol–water partition coefficient (Wildman–Crippen LogP) is 5.90. The molecule has 3 aromatic heterocycles. The second-order valence-electron chi connectivity index (χ2n) is 10.8. The van der Waals surface area contributed by atoms with Gasteiger partial charge in [-0.1, -0.05) is 42.5 Å². The van der Waals surface area contributed by atoms with E-state index in [4.69, 9.17) is 9.97 Å². The second kappa shape index (κ2) is 10.1. The molecule has 2 fully saturated rings. The molecule has 8 nitrogen and oxygen atoms in total. The van der Waals surface area contributed by atoms with Crippen LogP contribution in [0.2, 0.25) is 0 Å². The van der Waals surface area contributed by atoms with Gasteiger partial charge in [-0.05, 0) is 73.2 Å². The highest BCUT2D eigenvalue weighted by Gasteiger charge is 2.42. The van der Waals surface area contributed by atoms with Crippen molar-refractivity contribution >= 4 is 34.3 Å². The van der Waals surface area contributed by atoms with E-state index in [2.05, 4.69) is 32.3 Å². The van der Waals surface area contributed by atoms with Gasteiger partial charge in [0.1, 0.15) is 23.0 Å². The van der Waals surface area contributed by atoms with Crippen molar-refractivity contribution in [2.75, 3.05) is 36.4 Å². The quantitative estimate of drug-likeness (QED) is 0.295. The molecule has 0 atom stereocenters. The first-order chi connectivity index (χ1) is 19.6. The van der Waals surface area contributed by atoms with Crippen molar-refractivity contribution in [1.82, 2.24) is 24.8 Å². The van der Waals surface area contributed by atoms with Gasteiger partial charge in [0.25, 0.3) is 5.91 Å². The summed E-state index contributed by atoms with van der Waals surface area (Å²) in [6.45, 7) is 3.40. The summed E-state index contributed by atoms with van der Waals surface area (Å²) in [5.74, 6) is 2.46. The van der Waals surface area contributed by atoms with E-state index in [9.17, 15) is 4.79 Å². The topological polar surface area (TPSA) is 90.0 Å². The number of benzene rings is 2. The Labute approximate surface area is 233 Å². The van der Waals surface area contributed by atoms with Crippen molar-refractivity contribution in [2.45, 2.75) is 19.3 Å². The fourth-order valence-electron chi connectivity index (χ4n) is 5.99. The standard InChI is InChI=1S/C32H31N7O/c40-31(27-13-6-14-28(34-27)33-23-8-2-1-3-9-23)39-21-18-32(22-39)16-19-38(20-17-32)29-15-7-12-26(35-29)30-36-24-10-4-5-11-25(24)37-30/h1-15H,16-22H2,(H,33,34)(H,36,37). The van der Waals surface area contributed by atoms with Crippen molar-refractivity contribution in [3.8, 4) is 11.5 Å². The van der Waals surface area contributed by atoms with Crippen molar-refractivity contribution < 1.29 is 4.79 Å². The Balaban J connectivity index is 0.999. The molecule has 200 valence electrons. The molecule has 0 saturated carbocycles. The zero-order chi connectivity index (χ0) is 26.9. The van der Waals surface area contributed by atoms with E-state index in [-0.39, 0.29) is 11.3 Å². The monoisotopic (exact) mass is 529 g/mol. The number of aromatic nitrogens is 4. The van der Waals surface area contributed by atoms with E-state index < -0.39 is 0 Å². The lowest BCUT2D eigenvalue weighted by Gasteiger charge is -2.39. The summed E-state index contributed by atoms with van der Waals surface area (Å²) in [5, 5.41) is 3.29. The Kier molecular flexibility index (Phi) is 6.15. The van der Waals surface area contributed by atoms with Crippen LogP contribution in [-0.2, 0) is 0 Å². The number of hydrogen-bond acceptors (Lipinski definition) is 6. The number of fused-ring (bicyclic) bond motifs is 1. The fourth-order valence-corrected chi connectivity index (χ4v) is 5.99. The van der Waals surface area contributed by atoms with E-state index in [1.807, 2.05) is 83.8 Å². The molecule has 0 radical (unpaired) electrons. The van der Waals surface area contributed by atoms with Crippen LogP contribution in [0.5, 0.6) is 0 Å². The number of H-pyrrole nitrogens is 1. The molecule has 2 aliphatic rings. The van der Waals surface area contributed by atoms with Gasteiger partial charge < -0.3 is 20.1 Å². The maximum absolute atomic E-state index is 13.4. The number of carbonyl (C=O) groups excluding carboxylic acids is 1. The number of nitrogens with zero attached hydrogens (tertiary/aromatic N) is 5. The van der Waals surface area contributed by atoms with Gasteiger partial charge in [-0.15, -0.1) is 0 Å². The molecular weight excluding hydrogens is 498 g/mol. The highest BCUT2D eigenvalue weighted by atomic mass is 16.2. The Bertz CT molecular complexity index is 1620. The fraction of sp³-hybridized carbons (Fsp3) is 0.250. The SMILES string of the molecule is O=C(c1cccc(Nc2ccccc2)n1)N1CCC2(CCN(c3cccc(-c4nc5ccccc5[nH]4)n3)CC2)C1. The van der Waals surface area contributed by atoms with Crippen molar-refractivity contribution in [3.63, 3.8) is 0 Å². The van der Waals surface area contributed by atoms with Crippen LogP contribution in [-0.4, -0.2) is 56.9 Å². The van der Waals surface area contributed by atoms with Gasteiger partial charge in [-0.3, -0.25) is 4.79 Å². The minimum atomic E-state index is 0.0104. The maximum atomic E-state index is 13.4. The number of amides is 1. The van der Waals surface area contributed by atoms with Crippen LogP contribution in [0, 0.1) is 5.41 Å². The molecule has 7 rings (SSSR count). The molecule has 2 aliphatic heterocycles. The number of pyridine rings is 2. The molecule has 5 aromatic rings. The average Bonchev–Trinajstić information content (AvgIpc) is 3.63. The number of imidazole rings is 1. The summed E-state index contributed by atoms with van der Waals surface area (Å²) < 4.78 is 0.